The fraction of sp³-hybridized carbons (Fsp3) is 0.432. The maximum atomic E-state index is 14.9. The van der Waals surface area contributed by atoms with Crippen LogP contribution in [-0.2, 0) is 29.0 Å². The van der Waals surface area contributed by atoms with Crippen molar-refractivity contribution < 1.29 is 42.5 Å². The lowest BCUT2D eigenvalue weighted by Crippen LogP contribution is -2.56. The van der Waals surface area contributed by atoms with Crippen molar-refractivity contribution in [2.45, 2.75) is 69.9 Å². The van der Waals surface area contributed by atoms with Crippen LogP contribution in [0.3, 0.4) is 0 Å². The standard InChI is InChI=1S/C44H46ClN3O10/c1-24-17-32-37(42(52)44(24)43(53)38-31(55-3)20-33(56-4)39(45)41(38)58-44)29(40(57-32)26-12-14-28(54-2)15-13-26)19-34(49)46-16-7-5-6-10-35(50)47-21-25-18-27(23-47)30-9-8-11-36(51)48(30)22-25/h8-9,11-15,20,24-25,27H,5-7,10,16-19,21-23H2,1-4H3,(H,46,49)/t24-,25-,27+,44+/m1/s1. The lowest BCUT2D eigenvalue weighted by Gasteiger charge is -2.42. The van der Waals surface area contributed by atoms with Gasteiger partial charge in [0.25, 0.3) is 5.56 Å². The minimum absolute atomic E-state index is 0.00802. The first kappa shape index (κ1) is 39.3. The van der Waals surface area contributed by atoms with Crippen LogP contribution in [0.1, 0.15) is 82.7 Å². The Morgan fingerprint density at radius 2 is 1.67 bits per heavy atom. The maximum absolute atomic E-state index is 14.9. The lowest BCUT2D eigenvalue weighted by atomic mass is 9.70. The number of hydrogen-bond donors (Lipinski definition) is 1. The first-order chi connectivity index (χ1) is 28.0. The van der Waals surface area contributed by atoms with Gasteiger partial charge in [0.1, 0.15) is 39.4 Å². The van der Waals surface area contributed by atoms with E-state index in [2.05, 4.69) is 5.32 Å². The van der Waals surface area contributed by atoms with E-state index in [0.29, 0.717) is 73.8 Å². The number of benzene rings is 2. The number of piperidine rings is 1. The van der Waals surface area contributed by atoms with Crippen LogP contribution in [0, 0.1) is 11.8 Å². The third-order valence-corrected chi connectivity index (χ3v) is 12.5. The zero-order valence-electron chi connectivity index (χ0n) is 33.0. The third kappa shape index (κ3) is 6.62. The van der Waals surface area contributed by atoms with Crippen LogP contribution in [0.25, 0.3) is 11.3 Å². The van der Waals surface area contributed by atoms with Gasteiger partial charge in [-0.25, -0.2) is 0 Å². The van der Waals surface area contributed by atoms with Crippen LogP contribution in [0.4, 0.5) is 0 Å². The molecule has 5 heterocycles. The molecule has 4 aliphatic rings. The van der Waals surface area contributed by atoms with E-state index in [9.17, 15) is 24.0 Å². The number of rotatable bonds is 12. The molecule has 1 N–H and O–H groups in total. The summed E-state index contributed by atoms with van der Waals surface area (Å²) < 4.78 is 30.9. The number of nitrogens with zero attached hydrogens (tertiary/aromatic N) is 2. The first-order valence-corrected chi connectivity index (χ1v) is 20.1. The summed E-state index contributed by atoms with van der Waals surface area (Å²) in [5, 5.41) is 3.02. The van der Waals surface area contributed by atoms with Crippen molar-refractivity contribution >= 4 is 35.0 Å². The normalized spacial score (nSPS) is 21.5. The highest BCUT2D eigenvalue weighted by atomic mass is 35.5. The van der Waals surface area contributed by atoms with Gasteiger partial charge < -0.3 is 38.1 Å². The van der Waals surface area contributed by atoms with Crippen LogP contribution in [0.15, 0.2) is 57.7 Å². The van der Waals surface area contributed by atoms with Crippen LogP contribution < -0.4 is 29.8 Å². The zero-order chi connectivity index (χ0) is 40.9. The number of Topliss-reactive ketones (excluding diaryl/α,β-unsaturated/α-hetero) is 2. The molecule has 13 nitrogen and oxygen atoms in total. The van der Waals surface area contributed by atoms with E-state index in [4.69, 9.17) is 35.0 Å². The number of carbonyl (C=O) groups excluding carboxylic acids is 4. The number of halogens is 1. The van der Waals surface area contributed by atoms with Gasteiger partial charge in [-0.1, -0.05) is 31.0 Å². The number of ketones is 2. The Kier molecular flexibility index (Phi) is 10.6. The van der Waals surface area contributed by atoms with E-state index >= 15 is 0 Å². The Labute approximate surface area is 340 Å². The average Bonchev–Trinajstić information content (AvgIpc) is 3.74. The molecule has 4 aromatic rings. The number of furan rings is 1. The molecule has 304 valence electrons. The summed E-state index contributed by atoms with van der Waals surface area (Å²) >= 11 is 6.65. The van der Waals surface area contributed by atoms with Crippen molar-refractivity contribution in [2.24, 2.45) is 11.8 Å². The minimum Gasteiger partial charge on any atom is -0.497 e. The van der Waals surface area contributed by atoms with Crippen molar-refractivity contribution in [2.75, 3.05) is 41.0 Å². The molecule has 4 atom stereocenters. The largest absolute Gasteiger partial charge is 0.497 e. The molecule has 0 saturated carbocycles. The van der Waals surface area contributed by atoms with Crippen molar-refractivity contribution in [1.29, 1.82) is 0 Å². The number of fused-ring (bicyclic) bond motifs is 6. The van der Waals surface area contributed by atoms with Crippen LogP contribution in [-0.4, -0.2) is 79.4 Å². The van der Waals surface area contributed by atoms with Crippen LogP contribution in [0.2, 0.25) is 5.02 Å². The van der Waals surface area contributed by atoms with Crippen molar-refractivity contribution in [3.8, 4) is 34.3 Å². The summed E-state index contributed by atoms with van der Waals surface area (Å²) in [6, 6.07) is 14.0. The van der Waals surface area contributed by atoms with Crippen LogP contribution >= 0.6 is 11.6 Å². The number of carbonyl (C=O) groups is 4. The molecule has 2 aromatic heterocycles. The van der Waals surface area contributed by atoms with Gasteiger partial charge in [0.2, 0.25) is 29.0 Å². The first-order valence-electron chi connectivity index (χ1n) is 19.7. The van der Waals surface area contributed by atoms with Gasteiger partial charge in [0, 0.05) is 79.8 Å². The second kappa shape index (κ2) is 15.7. The predicted octanol–water partition coefficient (Wildman–Crippen LogP) is 6.04. The van der Waals surface area contributed by atoms with Crippen molar-refractivity contribution in [3.05, 3.63) is 92.1 Å². The van der Waals surface area contributed by atoms with E-state index in [-0.39, 0.29) is 75.4 Å². The molecular formula is C44H46ClN3O10. The molecule has 3 aliphatic heterocycles. The van der Waals surface area contributed by atoms with E-state index < -0.39 is 23.1 Å². The molecule has 1 aliphatic carbocycles. The number of ether oxygens (including phenoxy) is 4. The fourth-order valence-electron chi connectivity index (χ4n) is 9.26. The molecule has 2 bridgehead atoms. The highest BCUT2D eigenvalue weighted by Crippen LogP contribution is 2.54. The highest BCUT2D eigenvalue weighted by molar-refractivity contribution is 6.36. The number of amides is 2. The summed E-state index contributed by atoms with van der Waals surface area (Å²) in [5.41, 5.74) is 0.231. The van der Waals surface area contributed by atoms with Gasteiger partial charge in [-0.05, 0) is 55.5 Å². The molecule has 14 heteroatoms. The zero-order valence-corrected chi connectivity index (χ0v) is 33.7. The quantitative estimate of drug-likeness (QED) is 0.132. The summed E-state index contributed by atoms with van der Waals surface area (Å²) in [6.45, 7) is 4.05. The number of likely N-dealkylation sites (tertiary alicyclic amines) is 1. The Bertz CT molecular complexity index is 2370. The summed E-state index contributed by atoms with van der Waals surface area (Å²) in [5.74, 6) is 0.0850. The number of nitrogens with one attached hydrogen (secondary N) is 1. The Hall–Kier alpha value is -5.56. The van der Waals surface area contributed by atoms with Gasteiger partial charge >= 0.3 is 0 Å². The second-order valence-electron chi connectivity index (χ2n) is 15.7. The number of pyridine rings is 1. The molecule has 2 aromatic carbocycles. The van der Waals surface area contributed by atoms with Crippen molar-refractivity contribution in [3.63, 3.8) is 0 Å². The fourth-order valence-corrected chi connectivity index (χ4v) is 9.53. The monoisotopic (exact) mass is 811 g/mol. The summed E-state index contributed by atoms with van der Waals surface area (Å²) in [6.07, 6.45) is 3.45. The lowest BCUT2D eigenvalue weighted by molar-refractivity contribution is -0.134. The molecule has 1 saturated heterocycles. The predicted molar refractivity (Wildman–Crippen MR) is 213 cm³/mol. The average molecular weight is 812 g/mol. The molecule has 1 fully saturated rings. The van der Waals surface area contributed by atoms with Gasteiger partial charge in [0.05, 0.1) is 33.3 Å². The van der Waals surface area contributed by atoms with Gasteiger partial charge in [0.15, 0.2) is 5.75 Å². The molecule has 1 spiro atoms. The summed E-state index contributed by atoms with van der Waals surface area (Å²) in [4.78, 5) is 70.4. The molecular weight excluding hydrogens is 766 g/mol. The Balaban J connectivity index is 0.950. The maximum Gasteiger partial charge on any atom is 0.250 e. The van der Waals surface area contributed by atoms with Gasteiger partial charge in [-0.3, -0.25) is 24.0 Å². The number of aromatic nitrogens is 1. The van der Waals surface area contributed by atoms with E-state index in [1.807, 2.05) is 15.5 Å². The molecule has 0 radical (unpaired) electrons. The number of methoxy groups -OCH3 is 3. The van der Waals surface area contributed by atoms with E-state index in [1.165, 1.54) is 20.3 Å². The van der Waals surface area contributed by atoms with Gasteiger partial charge in [-0.2, -0.15) is 0 Å². The Morgan fingerprint density at radius 3 is 2.41 bits per heavy atom. The summed E-state index contributed by atoms with van der Waals surface area (Å²) in [7, 11) is 4.39. The third-order valence-electron chi connectivity index (χ3n) is 12.2. The SMILES string of the molecule is COc1ccc(-c2oc3c(c2CC(=O)NCCCCCC(=O)N2C[C@H]4C[C@@H](C2)c2cccc(=O)n2C4)C(=O)[C@@]2(Oc4c(Cl)c(OC)cc(OC)c4C2=O)[C@H](C)C3)cc1. The number of unbranched alkanes of at least 4 members (excludes halogenated alkanes) is 2. The van der Waals surface area contributed by atoms with E-state index in [1.54, 1.807) is 50.4 Å². The second-order valence-corrected chi connectivity index (χ2v) is 16.0. The molecule has 58 heavy (non-hydrogen) atoms. The van der Waals surface area contributed by atoms with Gasteiger partial charge in [-0.15, -0.1) is 0 Å². The minimum atomic E-state index is -1.97. The van der Waals surface area contributed by atoms with E-state index in [0.717, 1.165) is 18.5 Å². The Morgan fingerprint density at radius 1 is 0.914 bits per heavy atom. The highest BCUT2D eigenvalue weighted by Gasteiger charge is 2.63. The van der Waals surface area contributed by atoms with Crippen molar-refractivity contribution in [1.82, 2.24) is 14.8 Å². The molecule has 8 rings (SSSR count). The topological polar surface area (TPSA) is 156 Å². The molecule has 0 unspecified atom stereocenters. The molecule has 2 amide bonds. The smallest absolute Gasteiger partial charge is 0.250 e. The van der Waals surface area contributed by atoms with Crippen LogP contribution in [0.5, 0.6) is 23.0 Å². The number of hydrogen-bond acceptors (Lipinski definition) is 10.